The Hall–Kier alpha value is -4.37. The lowest BCUT2D eigenvalue weighted by atomic mass is 9.99. The highest BCUT2D eigenvalue weighted by molar-refractivity contribution is 7.89. The Kier molecular flexibility index (Phi) is 9.69. The molecule has 2 aromatic heterocycles. The number of benzene rings is 1. The lowest BCUT2D eigenvalue weighted by Crippen LogP contribution is -2.46. The first-order valence-electron chi connectivity index (χ1n) is 13.3. The SMILES string of the molecule is C=C(c1nc(/C=C/CNC(=O)c2ccc(C(=O)NS(C)(=O)=O)nc2)cc2c(N[C@@H]3CCN(C)C[C@@H]3F)cccc12)C(F)(F)F. The minimum Gasteiger partial charge on any atom is -0.379 e. The summed E-state index contributed by atoms with van der Waals surface area (Å²) in [7, 11) is -1.97. The number of nitrogens with one attached hydrogen (secondary N) is 3. The average molecular weight is 635 g/mol. The molecule has 234 valence electrons. The Morgan fingerprint density at radius 2 is 1.91 bits per heavy atom. The molecule has 1 fully saturated rings. The number of hydrogen-bond donors (Lipinski definition) is 3. The number of alkyl halides is 4. The molecule has 44 heavy (non-hydrogen) atoms. The van der Waals surface area contributed by atoms with Crippen LogP contribution in [0.4, 0.5) is 23.2 Å². The highest BCUT2D eigenvalue weighted by atomic mass is 32.2. The Morgan fingerprint density at radius 3 is 2.55 bits per heavy atom. The molecule has 15 heteroatoms. The van der Waals surface area contributed by atoms with Crippen LogP contribution in [0.1, 0.15) is 38.7 Å². The van der Waals surface area contributed by atoms with Crippen LogP contribution in [-0.4, -0.2) is 86.4 Å². The summed E-state index contributed by atoms with van der Waals surface area (Å²) in [5.74, 6) is -1.52. The first kappa shape index (κ1) is 32.5. The molecule has 2 amide bonds. The minimum absolute atomic E-state index is 0.0383. The number of carbonyl (C=O) groups is 2. The second kappa shape index (κ2) is 13.1. The van der Waals surface area contributed by atoms with E-state index < -0.39 is 45.8 Å². The van der Waals surface area contributed by atoms with Crippen LogP contribution in [0.3, 0.4) is 0 Å². The number of carbonyl (C=O) groups excluding carboxylic acids is 2. The fraction of sp³-hybridized carbons (Fsp3) is 0.310. The van der Waals surface area contributed by atoms with Crippen LogP contribution in [0.25, 0.3) is 22.4 Å². The Balaban J connectivity index is 1.54. The third-order valence-electron chi connectivity index (χ3n) is 6.81. The van der Waals surface area contributed by atoms with Crippen LogP contribution < -0.4 is 15.4 Å². The van der Waals surface area contributed by atoms with Crippen LogP contribution in [0.2, 0.25) is 0 Å². The van der Waals surface area contributed by atoms with Crippen LogP contribution in [0, 0.1) is 0 Å². The largest absolute Gasteiger partial charge is 0.417 e. The number of halogens is 4. The van der Waals surface area contributed by atoms with Crippen molar-refractivity contribution in [1.29, 1.82) is 0 Å². The molecule has 1 aromatic carbocycles. The molecule has 0 bridgehead atoms. The van der Waals surface area contributed by atoms with Gasteiger partial charge in [0.1, 0.15) is 11.9 Å². The zero-order chi connectivity index (χ0) is 32.2. The van der Waals surface area contributed by atoms with Gasteiger partial charge in [-0.25, -0.2) is 22.5 Å². The van der Waals surface area contributed by atoms with Gasteiger partial charge in [-0.05, 0) is 43.8 Å². The molecule has 1 aliphatic rings. The van der Waals surface area contributed by atoms with Gasteiger partial charge in [0.25, 0.3) is 11.8 Å². The zero-order valence-corrected chi connectivity index (χ0v) is 24.6. The monoisotopic (exact) mass is 634 g/mol. The van der Waals surface area contributed by atoms with Crippen molar-refractivity contribution in [2.75, 3.05) is 38.3 Å². The van der Waals surface area contributed by atoms with E-state index in [0.29, 0.717) is 24.0 Å². The Morgan fingerprint density at radius 1 is 1.16 bits per heavy atom. The molecule has 2 atom stereocenters. The quantitative estimate of drug-likeness (QED) is 0.303. The third kappa shape index (κ3) is 8.17. The van der Waals surface area contributed by atoms with Crippen molar-refractivity contribution in [3.05, 3.63) is 77.9 Å². The van der Waals surface area contributed by atoms with Crippen LogP contribution in [0.5, 0.6) is 0 Å². The molecular formula is C29H30F4N6O4S. The van der Waals surface area contributed by atoms with E-state index in [0.717, 1.165) is 12.5 Å². The number of hydrogen-bond acceptors (Lipinski definition) is 8. The molecule has 0 spiro atoms. The van der Waals surface area contributed by atoms with Crippen molar-refractivity contribution in [3.8, 4) is 0 Å². The van der Waals surface area contributed by atoms with Gasteiger partial charge in [-0.2, -0.15) is 13.2 Å². The van der Waals surface area contributed by atoms with Crippen molar-refractivity contribution < 1.29 is 35.6 Å². The van der Waals surface area contributed by atoms with E-state index in [9.17, 15) is 35.6 Å². The molecule has 3 heterocycles. The summed E-state index contributed by atoms with van der Waals surface area (Å²) in [4.78, 5) is 34.2. The lowest BCUT2D eigenvalue weighted by molar-refractivity contribution is -0.0688. The van der Waals surface area contributed by atoms with E-state index >= 15 is 0 Å². The van der Waals surface area contributed by atoms with Crippen LogP contribution in [-0.2, 0) is 10.0 Å². The van der Waals surface area contributed by atoms with Gasteiger partial charge in [-0.3, -0.25) is 14.6 Å². The molecule has 1 aliphatic heterocycles. The normalized spacial score (nSPS) is 17.9. The molecular weight excluding hydrogens is 604 g/mol. The van der Waals surface area contributed by atoms with Gasteiger partial charge in [0.15, 0.2) is 0 Å². The smallest absolute Gasteiger partial charge is 0.379 e. The third-order valence-corrected chi connectivity index (χ3v) is 7.37. The lowest BCUT2D eigenvalue weighted by Gasteiger charge is -2.33. The van der Waals surface area contributed by atoms with Crippen molar-refractivity contribution in [3.63, 3.8) is 0 Å². The highest BCUT2D eigenvalue weighted by Gasteiger charge is 2.35. The summed E-state index contributed by atoms with van der Waals surface area (Å²) in [6.07, 6.45) is -0.571. The summed E-state index contributed by atoms with van der Waals surface area (Å²) in [5.41, 5.74) is -1.01. The molecule has 0 radical (unpaired) electrons. The second-order valence-electron chi connectivity index (χ2n) is 10.3. The van der Waals surface area contributed by atoms with Gasteiger partial charge in [0.05, 0.1) is 34.8 Å². The average Bonchev–Trinajstić information content (AvgIpc) is 2.94. The number of piperidine rings is 1. The van der Waals surface area contributed by atoms with Gasteiger partial charge < -0.3 is 15.5 Å². The van der Waals surface area contributed by atoms with Crippen molar-refractivity contribution in [2.45, 2.75) is 24.8 Å². The van der Waals surface area contributed by atoms with E-state index in [1.807, 2.05) is 11.9 Å². The van der Waals surface area contributed by atoms with E-state index in [4.69, 9.17) is 0 Å². The first-order chi connectivity index (χ1) is 20.6. The number of pyridine rings is 2. The molecule has 3 N–H and O–H groups in total. The molecule has 0 saturated carbocycles. The van der Waals surface area contributed by atoms with E-state index in [-0.39, 0.29) is 41.1 Å². The number of nitrogens with zero attached hydrogens (tertiary/aromatic N) is 3. The Bertz CT molecular complexity index is 1710. The maximum atomic E-state index is 14.8. The van der Waals surface area contributed by atoms with Gasteiger partial charge in [0.2, 0.25) is 10.0 Å². The summed E-state index contributed by atoms with van der Waals surface area (Å²) in [5, 5.41) is 6.36. The van der Waals surface area contributed by atoms with Crippen LogP contribution >= 0.6 is 0 Å². The van der Waals surface area contributed by atoms with Gasteiger partial charge >= 0.3 is 6.18 Å². The molecule has 0 aliphatic carbocycles. The Labute approximate surface area is 251 Å². The zero-order valence-electron chi connectivity index (χ0n) is 23.8. The molecule has 3 aromatic rings. The number of amides is 2. The maximum Gasteiger partial charge on any atom is 0.417 e. The topological polar surface area (TPSA) is 133 Å². The molecule has 10 nitrogen and oxygen atoms in total. The van der Waals surface area contributed by atoms with E-state index in [1.54, 1.807) is 22.9 Å². The molecule has 4 rings (SSSR count). The number of likely N-dealkylation sites (tertiary alicyclic amines) is 1. The van der Waals surface area contributed by atoms with Crippen molar-refractivity contribution in [2.24, 2.45) is 0 Å². The van der Waals surface area contributed by atoms with Gasteiger partial charge in [-0.15, -0.1) is 0 Å². The van der Waals surface area contributed by atoms with Crippen molar-refractivity contribution >= 4 is 49.9 Å². The minimum atomic E-state index is -4.74. The number of fused-ring (bicyclic) bond motifs is 1. The summed E-state index contributed by atoms with van der Waals surface area (Å²) >= 11 is 0. The fourth-order valence-electron chi connectivity index (χ4n) is 4.61. The second-order valence-corrected chi connectivity index (χ2v) is 12.1. The maximum absolute atomic E-state index is 14.8. The van der Waals surface area contributed by atoms with Gasteiger partial charge in [0, 0.05) is 42.3 Å². The number of allylic oxidation sites excluding steroid dienone is 1. The van der Waals surface area contributed by atoms with E-state index in [2.05, 4.69) is 27.2 Å². The van der Waals surface area contributed by atoms with Gasteiger partial charge in [-0.1, -0.05) is 24.8 Å². The number of aromatic nitrogens is 2. The molecule has 0 unspecified atom stereocenters. The van der Waals surface area contributed by atoms with Crippen molar-refractivity contribution in [1.82, 2.24) is 24.9 Å². The van der Waals surface area contributed by atoms with E-state index in [1.165, 1.54) is 30.4 Å². The highest BCUT2D eigenvalue weighted by Crippen LogP contribution is 2.37. The predicted molar refractivity (Wildman–Crippen MR) is 159 cm³/mol. The predicted octanol–water partition coefficient (Wildman–Crippen LogP) is 3.79. The standard InChI is InChI=1S/C29H30F4N6O4S/c1-17(29(31,32)33)26-20-7-4-8-23(37-24-11-13-39(2)16-22(24)30)21(20)14-19(36-26)6-5-12-34-27(40)18-9-10-25(35-15-18)28(41)38-44(3,42)43/h4-10,14-15,22,24,37H,1,11-13,16H2,2-3H3,(H,34,40)(H,38,41)/b6-5+/t22-,24+/m0/s1. The fourth-order valence-corrected chi connectivity index (χ4v) is 5.05. The summed E-state index contributed by atoms with van der Waals surface area (Å²) in [6, 6.07) is 8.27. The molecule has 1 saturated heterocycles. The summed E-state index contributed by atoms with van der Waals surface area (Å²) < 4.78 is 80.1. The first-order valence-corrected chi connectivity index (χ1v) is 15.2. The van der Waals surface area contributed by atoms with Crippen LogP contribution in [0.15, 0.2) is 55.3 Å². The number of rotatable bonds is 9. The summed E-state index contributed by atoms with van der Waals surface area (Å²) in [6.45, 7) is 4.09. The number of sulfonamides is 1. The number of anilines is 1.